The number of nitrogens with two attached hydrogens (primary N) is 1. The Kier molecular flexibility index (Phi) is 6.25. The van der Waals surface area contributed by atoms with Gasteiger partial charge < -0.3 is 10.6 Å². The molecule has 6 heteroatoms. The molecule has 2 aromatic rings. The highest BCUT2D eigenvalue weighted by atomic mass is 16.2. The summed E-state index contributed by atoms with van der Waals surface area (Å²) in [4.78, 5) is 33.4. The Hall–Kier alpha value is -3.15. The van der Waals surface area contributed by atoms with Crippen molar-refractivity contribution < 1.29 is 9.59 Å². The highest BCUT2D eigenvalue weighted by molar-refractivity contribution is 6.08. The lowest BCUT2D eigenvalue weighted by atomic mass is 9.81. The summed E-state index contributed by atoms with van der Waals surface area (Å²) in [6.45, 7) is 2.04. The lowest BCUT2D eigenvalue weighted by Gasteiger charge is -2.26. The molecule has 2 N–H and O–H groups in total. The van der Waals surface area contributed by atoms with Gasteiger partial charge >= 0.3 is 0 Å². The van der Waals surface area contributed by atoms with E-state index in [0.717, 1.165) is 36.0 Å². The van der Waals surface area contributed by atoms with E-state index < -0.39 is 5.54 Å². The first-order chi connectivity index (χ1) is 14.3. The fourth-order valence-electron chi connectivity index (χ4n) is 4.02. The van der Waals surface area contributed by atoms with Gasteiger partial charge in [0.05, 0.1) is 0 Å². The van der Waals surface area contributed by atoms with E-state index in [9.17, 15) is 9.59 Å². The lowest BCUT2D eigenvalue weighted by Crippen LogP contribution is -2.41. The molecule has 2 atom stereocenters. The van der Waals surface area contributed by atoms with Crippen molar-refractivity contribution in [2.24, 2.45) is 16.6 Å². The second kappa shape index (κ2) is 8.69. The molecule has 30 heavy (non-hydrogen) atoms. The molecule has 1 heterocycles. The molecule has 0 aliphatic carbocycles. The Morgan fingerprint density at radius 3 is 2.37 bits per heavy atom. The number of hydrogen-bond acceptors (Lipinski definition) is 4. The number of hydrogen-bond donors (Lipinski definition) is 1. The number of guanidine groups is 1. The number of carbonyl (C=O) groups excluding carboxylic acids is 2. The van der Waals surface area contributed by atoms with E-state index in [1.165, 1.54) is 4.90 Å². The van der Waals surface area contributed by atoms with Gasteiger partial charge in [-0.25, -0.2) is 4.99 Å². The molecule has 158 valence electrons. The molecule has 0 spiro atoms. The molecule has 0 aromatic heterocycles. The molecule has 2 amide bonds. The average molecular weight is 407 g/mol. The van der Waals surface area contributed by atoms with Crippen molar-refractivity contribution in [2.45, 2.75) is 31.7 Å². The standard InChI is InChI=1S/C24H30N4O2/c1-5-18(21(29)27(2)3)15-14-17-10-9-13-20(16-17)24(19-11-7-6-8-12-19)22(30)28(4)23(25)26-24/h6-13,16,18H,5,14-15H2,1-4H3,(H2,25,26). The summed E-state index contributed by atoms with van der Waals surface area (Å²) in [7, 11) is 5.23. The van der Waals surface area contributed by atoms with Crippen molar-refractivity contribution in [2.75, 3.05) is 21.1 Å². The molecular weight excluding hydrogens is 376 g/mol. The van der Waals surface area contributed by atoms with Gasteiger partial charge in [-0.1, -0.05) is 61.5 Å². The molecule has 0 saturated heterocycles. The lowest BCUT2D eigenvalue weighted by molar-refractivity contribution is -0.133. The molecule has 1 aliphatic rings. The van der Waals surface area contributed by atoms with E-state index in [1.54, 1.807) is 26.0 Å². The van der Waals surface area contributed by atoms with Gasteiger partial charge in [-0.05, 0) is 36.0 Å². The van der Waals surface area contributed by atoms with Gasteiger partial charge in [-0.15, -0.1) is 0 Å². The van der Waals surface area contributed by atoms with Crippen LogP contribution in [0.3, 0.4) is 0 Å². The molecule has 0 bridgehead atoms. The zero-order chi connectivity index (χ0) is 21.9. The number of benzene rings is 2. The molecule has 0 saturated carbocycles. The second-order valence-electron chi connectivity index (χ2n) is 7.99. The summed E-state index contributed by atoms with van der Waals surface area (Å²) in [5.41, 5.74) is 7.51. The van der Waals surface area contributed by atoms with Crippen LogP contribution in [0.4, 0.5) is 0 Å². The van der Waals surface area contributed by atoms with Crippen molar-refractivity contribution in [3.8, 4) is 0 Å². The number of nitrogens with zero attached hydrogens (tertiary/aromatic N) is 3. The number of aliphatic imine (C=N–C) groups is 1. The number of carbonyl (C=O) groups is 2. The largest absolute Gasteiger partial charge is 0.369 e. The fraction of sp³-hybridized carbons (Fsp3) is 0.375. The van der Waals surface area contributed by atoms with Crippen LogP contribution in [0, 0.1) is 5.92 Å². The van der Waals surface area contributed by atoms with Crippen LogP contribution in [0.2, 0.25) is 0 Å². The van der Waals surface area contributed by atoms with E-state index in [4.69, 9.17) is 5.73 Å². The molecule has 6 nitrogen and oxygen atoms in total. The topological polar surface area (TPSA) is 79.0 Å². The summed E-state index contributed by atoms with van der Waals surface area (Å²) in [6.07, 6.45) is 2.31. The third-order valence-electron chi connectivity index (χ3n) is 5.84. The highest BCUT2D eigenvalue weighted by Crippen LogP contribution is 2.39. The Morgan fingerprint density at radius 1 is 1.13 bits per heavy atom. The van der Waals surface area contributed by atoms with Crippen molar-refractivity contribution in [1.29, 1.82) is 0 Å². The van der Waals surface area contributed by atoms with Crippen LogP contribution >= 0.6 is 0 Å². The first kappa shape index (κ1) is 21.6. The Bertz CT molecular complexity index is 955. The first-order valence-corrected chi connectivity index (χ1v) is 10.3. The third kappa shape index (κ3) is 3.82. The van der Waals surface area contributed by atoms with Crippen LogP contribution in [0.15, 0.2) is 59.6 Å². The first-order valence-electron chi connectivity index (χ1n) is 10.3. The molecule has 2 unspecified atom stereocenters. The summed E-state index contributed by atoms with van der Waals surface area (Å²) in [6, 6.07) is 17.4. The number of likely N-dealkylation sites (N-methyl/N-ethyl adjacent to an activating group) is 1. The second-order valence-corrected chi connectivity index (χ2v) is 7.99. The van der Waals surface area contributed by atoms with Crippen molar-refractivity contribution in [3.63, 3.8) is 0 Å². The van der Waals surface area contributed by atoms with E-state index in [-0.39, 0.29) is 23.7 Å². The van der Waals surface area contributed by atoms with Crippen molar-refractivity contribution in [1.82, 2.24) is 9.80 Å². The van der Waals surface area contributed by atoms with Crippen molar-refractivity contribution in [3.05, 3.63) is 71.3 Å². The zero-order valence-corrected chi connectivity index (χ0v) is 18.1. The number of amides is 2. The van der Waals surface area contributed by atoms with Crippen LogP contribution in [0.25, 0.3) is 0 Å². The van der Waals surface area contributed by atoms with Gasteiger partial charge in [0.1, 0.15) is 0 Å². The predicted molar refractivity (Wildman–Crippen MR) is 119 cm³/mol. The van der Waals surface area contributed by atoms with E-state index in [0.29, 0.717) is 0 Å². The Labute approximate surface area is 178 Å². The maximum Gasteiger partial charge on any atom is 0.266 e. The summed E-state index contributed by atoms with van der Waals surface area (Å²) in [5.74, 6) is 0.175. The highest BCUT2D eigenvalue weighted by Gasteiger charge is 2.49. The summed E-state index contributed by atoms with van der Waals surface area (Å²) >= 11 is 0. The molecular formula is C24H30N4O2. The summed E-state index contributed by atoms with van der Waals surface area (Å²) in [5, 5.41) is 0. The molecule has 1 aliphatic heterocycles. The van der Waals surface area contributed by atoms with Crippen molar-refractivity contribution >= 4 is 17.8 Å². The van der Waals surface area contributed by atoms with E-state index in [2.05, 4.69) is 4.99 Å². The minimum absolute atomic E-state index is 0.0142. The smallest absolute Gasteiger partial charge is 0.266 e. The average Bonchev–Trinajstić information content (AvgIpc) is 2.99. The quantitative estimate of drug-likeness (QED) is 0.768. The minimum atomic E-state index is -1.18. The molecule has 0 radical (unpaired) electrons. The predicted octanol–water partition coefficient (Wildman–Crippen LogP) is 2.76. The maximum atomic E-state index is 13.3. The van der Waals surface area contributed by atoms with E-state index in [1.807, 2.05) is 61.5 Å². The SMILES string of the molecule is CCC(CCc1cccc(C2(c3ccccc3)N=C(N)N(C)C2=O)c1)C(=O)N(C)C. The van der Waals surface area contributed by atoms with Crippen LogP contribution in [0.5, 0.6) is 0 Å². The maximum absolute atomic E-state index is 13.3. The fourth-order valence-corrected chi connectivity index (χ4v) is 4.02. The minimum Gasteiger partial charge on any atom is -0.369 e. The monoisotopic (exact) mass is 406 g/mol. The van der Waals surface area contributed by atoms with Gasteiger partial charge in [0.2, 0.25) is 5.91 Å². The van der Waals surface area contributed by atoms with Gasteiger partial charge in [0, 0.05) is 27.1 Å². The zero-order valence-electron chi connectivity index (χ0n) is 18.1. The van der Waals surface area contributed by atoms with Gasteiger partial charge in [0.15, 0.2) is 11.5 Å². The third-order valence-corrected chi connectivity index (χ3v) is 5.84. The van der Waals surface area contributed by atoms with Crippen LogP contribution in [-0.4, -0.2) is 48.7 Å². The van der Waals surface area contributed by atoms with Gasteiger partial charge in [0.25, 0.3) is 5.91 Å². The normalized spacial score (nSPS) is 19.5. The number of aryl methyl sites for hydroxylation is 1. The van der Waals surface area contributed by atoms with Crippen LogP contribution < -0.4 is 5.73 Å². The van der Waals surface area contributed by atoms with E-state index >= 15 is 0 Å². The molecule has 3 rings (SSSR count). The van der Waals surface area contributed by atoms with Crippen LogP contribution in [-0.2, 0) is 21.5 Å². The summed E-state index contributed by atoms with van der Waals surface area (Å²) < 4.78 is 0. The Balaban J connectivity index is 1.96. The van der Waals surface area contributed by atoms with Gasteiger partial charge in [-0.2, -0.15) is 0 Å². The number of rotatable bonds is 7. The molecule has 2 aromatic carbocycles. The Morgan fingerprint density at radius 2 is 1.80 bits per heavy atom. The molecule has 0 fully saturated rings. The van der Waals surface area contributed by atoms with Crippen LogP contribution in [0.1, 0.15) is 36.5 Å². The van der Waals surface area contributed by atoms with Gasteiger partial charge in [-0.3, -0.25) is 14.5 Å².